The van der Waals surface area contributed by atoms with Gasteiger partial charge in [0, 0.05) is 13.1 Å². The third kappa shape index (κ3) is 2.87. The van der Waals surface area contributed by atoms with Crippen LogP contribution < -0.4 is 11.3 Å². The maximum atomic E-state index is 13.6. The molecule has 1 atom stereocenters. The second-order valence-electron chi connectivity index (χ2n) is 5.00. The Labute approximate surface area is 112 Å². The summed E-state index contributed by atoms with van der Waals surface area (Å²) in [5.74, 6) is 5.22. The number of hydrogen-bond acceptors (Lipinski definition) is 3. The van der Waals surface area contributed by atoms with Gasteiger partial charge >= 0.3 is 0 Å². The normalized spacial score (nSPS) is 18.7. The van der Waals surface area contributed by atoms with Crippen LogP contribution in [0.5, 0.6) is 0 Å². The van der Waals surface area contributed by atoms with Crippen LogP contribution in [0.2, 0.25) is 0 Å². The molecule has 1 aromatic rings. The summed E-state index contributed by atoms with van der Waals surface area (Å²) < 4.78 is 13.6. The Kier molecular flexibility index (Phi) is 4.37. The molecule has 1 aromatic carbocycles. The van der Waals surface area contributed by atoms with E-state index in [1.165, 1.54) is 12.1 Å². The predicted octanol–water partition coefficient (Wildman–Crippen LogP) is 2.37. The second kappa shape index (κ2) is 6.02. The van der Waals surface area contributed by atoms with Gasteiger partial charge in [0.2, 0.25) is 0 Å². The summed E-state index contributed by atoms with van der Waals surface area (Å²) in [6.45, 7) is 3.64. The van der Waals surface area contributed by atoms with Gasteiger partial charge in [0.25, 0.3) is 5.91 Å². The molecule has 1 fully saturated rings. The van der Waals surface area contributed by atoms with Crippen LogP contribution in [0.15, 0.2) is 18.2 Å². The van der Waals surface area contributed by atoms with Gasteiger partial charge in [-0.15, -0.1) is 0 Å². The number of nitrogen functional groups attached to an aromatic ring is 1. The number of likely N-dealkylation sites (tertiary alicyclic amines) is 1. The molecule has 1 amide bonds. The van der Waals surface area contributed by atoms with Crippen molar-refractivity contribution in [3.05, 3.63) is 29.6 Å². The number of hydrogen-bond donors (Lipinski definition) is 2. The lowest BCUT2D eigenvalue weighted by atomic mass is 10.0. The monoisotopic (exact) mass is 265 g/mol. The number of carbonyl (C=O) groups is 1. The number of para-hydroxylation sites is 1. The number of rotatable bonds is 4. The molecule has 0 aliphatic carbocycles. The Balaban J connectivity index is 2.15. The van der Waals surface area contributed by atoms with Gasteiger partial charge in [0.05, 0.1) is 11.3 Å². The molecule has 104 valence electrons. The average molecular weight is 265 g/mol. The molecule has 0 saturated carbocycles. The van der Waals surface area contributed by atoms with Gasteiger partial charge in [-0.25, -0.2) is 4.39 Å². The van der Waals surface area contributed by atoms with Crippen LogP contribution in [0.1, 0.15) is 36.5 Å². The van der Waals surface area contributed by atoms with Crippen LogP contribution in [0.25, 0.3) is 0 Å². The summed E-state index contributed by atoms with van der Waals surface area (Å²) in [7, 11) is 0. The van der Waals surface area contributed by atoms with Crippen molar-refractivity contribution in [3.8, 4) is 0 Å². The van der Waals surface area contributed by atoms with Crippen LogP contribution in [-0.4, -0.2) is 23.9 Å². The molecule has 0 aromatic heterocycles. The first kappa shape index (κ1) is 13.8. The van der Waals surface area contributed by atoms with Crippen LogP contribution in [0.3, 0.4) is 0 Å². The number of nitrogens with zero attached hydrogens (tertiary/aromatic N) is 1. The summed E-state index contributed by atoms with van der Waals surface area (Å²) in [5, 5.41) is 0. The average Bonchev–Trinajstić information content (AvgIpc) is 2.86. The van der Waals surface area contributed by atoms with Gasteiger partial charge in [-0.1, -0.05) is 19.4 Å². The Hall–Kier alpha value is -1.62. The summed E-state index contributed by atoms with van der Waals surface area (Å²) in [5.41, 5.74) is 2.66. The van der Waals surface area contributed by atoms with E-state index in [1.54, 1.807) is 11.0 Å². The van der Waals surface area contributed by atoms with Gasteiger partial charge in [-0.2, -0.15) is 0 Å². The van der Waals surface area contributed by atoms with E-state index >= 15 is 0 Å². The fourth-order valence-electron chi connectivity index (χ4n) is 2.68. The number of amides is 1. The van der Waals surface area contributed by atoms with E-state index in [9.17, 15) is 9.18 Å². The van der Waals surface area contributed by atoms with Crippen LogP contribution in [-0.2, 0) is 0 Å². The van der Waals surface area contributed by atoms with Gasteiger partial charge in [0.15, 0.2) is 0 Å². The van der Waals surface area contributed by atoms with E-state index in [-0.39, 0.29) is 11.6 Å². The third-order valence-corrected chi connectivity index (χ3v) is 3.66. The molecule has 19 heavy (non-hydrogen) atoms. The Morgan fingerprint density at radius 2 is 2.37 bits per heavy atom. The maximum absolute atomic E-state index is 13.6. The molecule has 5 heteroatoms. The molecular weight excluding hydrogens is 245 g/mol. The van der Waals surface area contributed by atoms with E-state index in [4.69, 9.17) is 5.84 Å². The molecule has 4 nitrogen and oxygen atoms in total. The lowest BCUT2D eigenvalue weighted by molar-refractivity contribution is 0.0787. The molecule has 0 radical (unpaired) electrons. The first-order chi connectivity index (χ1) is 9.17. The zero-order valence-electron chi connectivity index (χ0n) is 11.2. The summed E-state index contributed by atoms with van der Waals surface area (Å²) in [4.78, 5) is 14.2. The largest absolute Gasteiger partial charge is 0.338 e. The Morgan fingerprint density at radius 1 is 1.58 bits per heavy atom. The second-order valence-corrected chi connectivity index (χ2v) is 5.00. The number of anilines is 1. The molecule has 3 N–H and O–H groups in total. The number of benzene rings is 1. The van der Waals surface area contributed by atoms with Gasteiger partial charge < -0.3 is 10.3 Å². The van der Waals surface area contributed by atoms with E-state index in [0.29, 0.717) is 11.5 Å². The molecule has 0 bridgehead atoms. The first-order valence-corrected chi connectivity index (χ1v) is 6.71. The number of hydrazine groups is 1. The van der Waals surface area contributed by atoms with Crippen molar-refractivity contribution in [2.45, 2.75) is 26.2 Å². The van der Waals surface area contributed by atoms with Gasteiger partial charge in [-0.3, -0.25) is 10.6 Å². The standard InChI is InChI=1S/C14H20FN3O/c1-2-4-10-7-8-18(9-10)14(19)11-5-3-6-12(15)13(11)17-16/h3,5-6,10,17H,2,4,7-9,16H2,1H3. The maximum Gasteiger partial charge on any atom is 0.256 e. The van der Waals surface area contributed by atoms with Crippen molar-refractivity contribution in [2.75, 3.05) is 18.5 Å². The van der Waals surface area contributed by atoms with Crippen molar-refractivity contribution in [2.24, 2.45) is 11.8 Å². The molecule has 2 rings (SSSR count). The van der Waals surface area contributed by atoms with Crippen molar-refractivity contribution in [1.29, 1.82) is 0 Å². The zero-order valence-corrected chi connectivity index (χ0v) is 11.2. The fraction of sp³-hybridized carbons (Fsp3) is 0.500. The van der Waals surface area contributed by atoms with Crippen molar-refractivity contribution in [3.63, 3.8) is 0 Å². The van der Waals surface area contributed by atoms with Crippen molar-refractivity contribution in [1.82, 2.24) is 4.90 Å². The highest BCUT2D eigenvalue weighted by Crippen LogP contribution is 2.26. The molecule has 1 unspecified atom stereocenters. The molecular formula is C14H20FN3O. The quantitative estimate of drug-likeness (QED) is 0.649. The minimum Gasteiger partial charge on any atom is -0.338 e. The lowest BCUT2D eigenvalue weighted by Crippen LogP contribution is -2.30. The first-order valence-electron chi connectivity index (χ1n) is 6.71. The van der Waals surface area contributed by atoms with E-state index in [0.717, 1.165) is 32.4 Å². The summed E-state index contributed by atoms with van der Waals surface area (Å²) in [6, 6.07) is 4.42. The number of halogens is 1. The smallest absolute Gasteiger partial charge is 0.256 e. The number of nitrogens with one attached hydrogen (secondary N) is 1. The van der Waals surface area contributed by atoms with E-state index in [1.807, 2.05) is 0 Å². The van der Waals surface area contributed by atoms with Gasteiger partial charge in [-0.05, 0) is 30.9 Å². The topological polar surface area (TPSA) is 58.4 Å². The number of carbonyl (C=O) groups excluding carboxylic acids is 1. The predicted molar refractivity (Wildman–Crippen MR) is 73.1 cm³/mol. The van der Waals surface area contributed by atoms with E-state index in [2.05, 4.69) is 12.3 Å². The van der Waals surface area contributed by atoms with Crippen molar-refractivity contribution < 1.29 is 9.18 Å². The zero-order chi connectivity index (χ0) is 13.8. The summed E-state index contributed by atoms with van der Waals surface area (Å²) >= 11 is 0. The molecule has 0 spiro atoms. The number of nitrogens with two attached hydrogens (primary N) is 1. The van der Waals surface area contributed by atoms with Crippen molar-refractivity contribution >= 4 is 11.6 Å². The minimum absolute atomic E-state index is 0.0754. The Bertz CT molecular complexity index is 464. The summed E-state index contributed by atoms with van der Waals surface area (Å²) in [6.07, 6.45) is 3.29. The van der Waals surface area contributed by atoms with E-state index < -0.39 is 5.82 Å². The van der Waals surface area contributed by atoms with Crippen LogP contribution in [0.4, 0.5) is 10.1 Å². The Morgan fingerprint density at radius 3 is 3.05 bits per heavy atom. The highest BCUT2D eigenvalue weighted by atomic mass is 19.1. The highest BCUT2D eigenvalue weighted by Gasteiger charge is 2.28. The highest BCUT2D eigenvalue weighted by molar-refractivity contribution is 5.99. The van der Waals surface area contributed by atoms with Gasteiger partial charge in [0.1, 0.15) is 5.82 Å². The fourth-order valence-corrected chi connectivity index (χ4v) is 2.68. The molecule has 1 aliphatic heterocycles. The molecule has 1 aliphatic rings. The SMILES string of the molecule is CCCC1CCN(C(=O)c2cccc(F)c2NN)C1. The molecule has 1 saturated heterocycles. The van der Waals surface area contributed by atoms with Crippen LogP contribution in [0, 0.1) is 11.7 Å². The minimum atomic E-state index is -0.502. The lowest BCUT2D eigenvalue weighted by Gasteiger charge is -2.18. The van der Waals surface area contributed by atoms with Crippen LogP contribution >= 0.6 is 0 Å². The third-order valence-electron chi connectivity index (χ3n) is 3.66. The molecule has 1 heterocycles.